The molecule has 8 heteroatoms. The van der Waals surface area contributed by atoms with Crippen LogP contribution in [0.2, 0.25) is 0 Å². The van der Waals surface area contributed by atoms with Crippen LogP contribution in [0.25, 0.3) is 0 Å². The van der Waals surface area contributed by atoms with Crippen LogP contribution < -0.4 is 0 Å². The minimum Gasteiger partial charge on any atom is -0.478 e. The zero-order valence-corrected chi connectivity index (χ0v) is 7.77. The zero-order chi connectivity index (χ0) is 12.3. The maximum absolute atomic E-state index is 10.6. The van der Waals surface area contributed by atoms with Crippen molar-refractivity contribution in [1.82, 2.24) is 0 Å². The molecule has 1 rings (SSSR count). The Labute approximate surface area is 88.4 Å². The van der Waals surface area contributed by atoms with Gasteiger partial charge in [0.05, 0.1) is 5.56 Å². The molecule has 0 saturated heterocycles. The van der Waals surface area contributed by atoms with Crippen molar-refractivity contribution >= 4 is 5.97 Å². The summed E-state index contributed by atoms with van der Waals surface area (Å²) in [6, 6.07) is 4.48. The van der Waals surface area contributed by atoms with Gasteiger partial charge in [-0.2, -0.15) is 0 Å². The summed E-state index contributed by atoms with van der Waals surface area (Å²) in [6.45, 7) is 0. The van der Waals surface area contributed by atoms with Gasteiger partial charge in [-0.1, -0.05) is 6.07 Å². The van der Waals surface area contributed by atoms with E-state index in [1.807, 2.05) is 0 Å². The smallest absolute Gasteiger partial charge is 0.476 e. The standard InChI is InChI=1S/C8H6N2O6/c11-8(12)6-3-1-2-5(4-6)7(9(13)14)10(15)16/h1-4,7H,(H,11,12). The Morgan fingerprint density at radius 2 is 1.81 bits per heavy atom. The van der Waals surface area contributed by atoms with Gasteiger partial charge in [-0.3, -0.25) is 20.2 Å². The number of carbonyl (C=O) groups is 1. The first-order chi connectivity index (χ1) is 7.43. The van der Waals surface area contributed by atoms with Gasteiger partial charge in [0.2, 0.25) is 0 Å². The molecule has 1 aromatic carbocycles. The molecule has 0 unspecified atom stereocenters. The predicted octanol–water partition coefficient (Wildman–Crippen LogP) is 0.937. The van der Waals surface area contributed by atoms with Crippen molar-refractivity contribution in [3.05, 3.63) is 55.6 Å². The number of carboxylic acids is 1. The van der Waals surface area contributed by atoms with Gasteiger partial charge in [-0.15, -0.1) is 0 Å². The second-order valence-electron chi connectivity index (χ2n) is 2.87. The molecule has 84 valence electrons. The van der Waals surface area contributed by atoms with Gasteiger partial charge in [-0.25, -0.2) is 4.79 Å². The van der Waals surface area contributed by atoms with Crippen molar-refractivity contribution in [3.8, 4) is 0 Å². The molecule has 0 radical (unpaired) electrons. The molecule has 0 bridgehead atoms. The highest BCUT2D eigenvalue weighted by Crippen LogP contribution is 2.18. The zero-order valence-electron chi connectivity index (χ0n) is 7.77. The van der Waals surface area contributed by atoms with Gasteiger partial charge in [-0.05, 0) is 18.2 Å². The lowest BCUT2D eigenvalue weighted by Crippen LogP contribution is -2.19. The summed E-state index contributed by atoms with van der Waals surface area (Å²) in [7, 11) is 0. The number of carboxylic acid groups (broad SMARTS) is 1. The molecule has 0 amide bonds. The highest BCUT2D eigenvalue weighted by atomic mass is 16.7. The Kier molecular flexibility index (Phi) is 3.14. The van der Waals surface area contributed by atoms with Gasteiger partial charge in [0.25, 0.3) is 0 Å². The molecule has 0 aliphatic rings. The number of hydrogen-bond donors (Lipinski definition) is 1. The summed E-state index contributed by atoms with van der Waals surface area (Å²) in [5.41, 5.74) is -0.499. The number of nitrogens with zero attached hydrogens (tertiary/aromatic N) is 2. The fraction of sp³-hybridized carbons (Fsp3) is 0.125. The van der Waals surface area contributed by atoms with E-state index in [0.717, 1.165) is 12.1 Å². The SMILES string of the molecule is O=C(O)c1cccc(C([N+](=O)[O-])[N+](=O)[O-])c1. The molecule has 0 atom stereocenters. The van der Waals surface area contributed by atoms with Crippen LogP contribution in [-0.2, 0) is 0 Å². The fourth-order valence-corrected chi connectivity index (χ4v) is 1.15. The fourth-order valence-electron chi connectivity index (χ4n) is 1.15. The summed E-state index contributed by atoms with van der Waals surface area (Å²) >= 11 is 0. The van der Waals surface area contributed by atoms with E-state index in [1.165, 1.54) is 12.1 Å². The van der Waals surface area contributed by atoms with Crippen molar-refractivity contribution in [2.45, 2.75) is 6.17 Å². The molecule has 0 saturated carbocycles. The number of aromatic carboxylic acids is 1. The van der Waals surface area contributed by atoms with Gasteiger partial charge in [0.1, 0.15) is 15.4 Å². The van der Waals surface area contributed by atoms with E-state index >= 15 is 0 Å². The maximum Gasteiger partial charge on any atom is 0.476 e. The Hall–Kier alpha value is -2.51. The average molecular weight is 226 g/mol. The first-order valence-corrected chi connectivity index (χ1v) is 4.03. The van der Waals surface area contributed by atoms with Gasteiger partial charge < -0.3 is 5.11 Å². The number of benzene rings is 1. The van der Waals surface area contributed by atoms with Gasteiger partial charge >= 0.3 is 12.1 Å². The van der Waals surface area contributed by atoms with Crippen LogP contribution in [0.3, 0.4) is 0 Å². The highest BCUT2D eigenvalue weighted by molar-refractivity contribution is 5.87. The van der Waals surface area contributed by atoms with Crippen molar-refractivity contribution in [1.29, 1.82) is 0 Å². The minimum absolute atomic E-state index is 0.230. The molecule has 16 heavy (non-hydrogen) atoms. The van der Waals surface area contributed by atoms with E-state index in [4.69, 9.17) is 5.11 Å². The lowest BCUT2D eigenvalue weighted by molar-refractivity contribution is -0.752. The Morgan fingerprint density at radius 3 is 2.25 bits per heavy atom. The Morgan fingerprint density at radius 1 is 1.25 bits per heavy atom. The molecule has 0 aliphatic heterocycles. The molecule has 8 nitrogen and oxygen atoms in total. The molecule has 0 aliphatic carbocycles. The van der Waals surface area contributed by atoms with Crippen LogP contribution in [0.1, 0.15) is 22.1 Å². The van der Waals surface area contributed by atoms with Crippen LogP contribution in [0, 0.1) is 20.2 Å². The molecule has 0 spiro atoms. The van der Waals surface area contributed by atoms with Crippen LogP contribution in [0.15, 0.2) is 24.3 Å². The quantitative estimate of drug-likeness (QED) is 0.462. The number of nitro groups is 2. The molecular formula is C8H6N2O6. The first kappa shape index (κ1) is 11.6. The van der Waals surface area contributed by atoms with Crippen LogP contribution >= 0.6 is 0 Å². The summed E-state index contributed by atoms with van der Waals surface area (Å²) in [5, 5.41) is 29.5. The monoisotopic (exact) mass is 226 g/mol. The third-order valence-corrected chi connectivity index (χ3v) is 1.83. The summed E-state index contributed by atoms with van der Waals surface area (Å²) in [4.78, 5) is 29.3. The lowest BCUT2D eigenvalue weighted by atomic mass is 10.1. The molecule has 0 fully saturated rings. The summed E-state index contributed by atoms with van der Waals surface area (Å²) < 4.78 is 0. The Bertz CT molecular complexity index is 444. The number of hydrogen-bond acceptors (Lipinski definition) is 5. The topological polar surface area (TPSA) is 124 Å². The lowest BCUT2D eigenvalue weighted by Gasteiger charge is -2.02. The van der Waals surface area contributed by atoms with Crippen LogP contribution in [0.4, 0.5) is 0 Å². The molecular weight excluding hydrogens is 220 g/mol. The summed E-state index contributed by atoms with van der Waals surface area (Å²) in [5.74, 6) is -1.30. The molecule has 1 aromatic rings. The van der Waals surface area contributed by atoms with E-state index in [0.29, 0.717) is 0 Å². The average Bonchev–Trinajstić information content (AvgIpc) is 2.16. The second-order valence-corrected chi connectivity index (χ2v) is 2.87. The molecule has 1 N–H and O–H groups in total. The Balaban J connectivity index is 3.20. The predicted molar refractivity (Wildman–Crippen MR) is 50.1 cm³/mol. The summed E-state index contributed by atoms with van der Waals surface area (Å²) in [6.07, 6.45) is -2.14. The van der Waals surface area contributed by atoms with E-state index < -0.39 is 22.0 Å². The van der Waals surface area contributed by atoms with E-state index in [-0.39, 0.29) is 11.1 Å². The maximum atomic E-state index is 10.6. The number of rotatable bonds is 4. The third-order valence-electron chi connectivity index (χ3n) is 1.83. The van der Waals surface area contributed by atoms with Crippen LogP contribution in [0.5, 0.6) is 0 Å². The van der Waals surface area contributed by atoms with E-state index in [2.05, 4.69) is 0 Å². The van der Waals surface area contributed by atoms with E-state index in [1.54, 1.807) is 0 Å². The van der Waals surface area contributed by atoms with Crippen molar-refractivity contribution in [3.63, 3.8) is 0 Å². The van der Waals surface area contributed by atoms with Gasteiger partial charge in [0, 0.05) is 0 Å². The van der Waals surface area contributed by atoms with Crippen LogP contribution in [-0.4, -0.2) is 20.9 Å². The van der Waals surface area contributed by atoms with Crippen molar-refractivity contribution < 1.29 is 19.7 Å². The second kappa shape index (κ2) is 4.34. The highest BCUT2D eigenvalue weighted by Gasteiger charge is 2.34. The van der Waals surface area contributed by atoms with E-state index in [9.17, 15) is 25.0 Å². The normalized spacial score (nSPS) is 10.1. The van der Waals surface area contributed by atoms with Gasteiger partial charge in [0.15, 0.2) is 0 Å². The van der Waals surface area contributed by atoms with Crippen molar-refractivity contribution in [2.75, 3.05) is 0 Å². The molecule has 0 aromatic heterocycles. The molecule has 0 heterocycles. The van der Waals surface area contributed by atoms with Crippen molar-refractivity contribution in [2.24, 2.45) is 0 Å². The minimum atomic E-state index is -2.14. The first-order valence-electron chi connectivity index (χ1n) is 4.03. The largest absolute Gasteiger partial charge is 0.478 e. The third kappa shape index (κ3) is 2.29.